The van der Waals surface area contributed by atoms with Crippen LogP contribution < -0.4 is 20.5 Å². The Morgan fingerprint density at radius 3 is 2.61 bits per heavy atom. The number of pyridine rings is 1. The number of aromatic nitrogens is 1. The summed E-state index contributed by atoms with van der Waals surface area (Å²) in [6, 6.07) is 10.9. The second-order valence-corrected chi connectivity index (χ2v) is 3.64. The fourth-order valence-corrected chi connectivity index (χ4v) is 1.57. The molecule has 0 aliphatic rings. The molecule has 5 heteroatoms. The van der Waals surface area contributed by atoms with E-state index >= 15 is 0 Å². The molecule has 2 aromatic rings. The van der Waals surface area contributed by atoms with E-state index in [-0.39, 0.29) is 0 Å². The molecule has 5 nitrogen and oxygen atoms in total. The Morgan fingerprint density at radius 1 is 1.11 bits per heavy atom. The molecule has 1 aromatic carbocycles. The number of rotatable bonds is 4. The Morgan fingerprint density at radius 2 is 1.94 bits per heavy atom. The number of nitrogens with zero attached hydrogens (tertiary/aromatic N) is 1. The quantitative estimate of drug-likeness (QED) is 0.865. The van der Waals surface area contributed by atoms with Crippen LogP contribution in [0.3, 0.4) is 0 Å². The number of hydrogen-bond acceptors (Lipinski definition) is 5. The summed E-state index contributed by atoms with van der Waals surface area (Å²) in [5, 5.41) is 3.14. The highest BCUT2D eigenvalue weighted by atomic mass is 16.5. The number of anilines is 3. The summed E-state index contributed by atoms with van der Waals surface area (Å²) in [5.41, 5.74) is 6.40. The summed E-state index contributed by atoms with van der Waals surface area (Å²) < 4.78 is 10.4. The Bertz CT molecular complexity index is 544. The monoisotopic (exact) mass is 245 g/mol. The number of nitrogens with two attached hydrogens (primary N) is 1. The largest absolute Gasteiger partial charge is 0.497 e. The van der Waals surface area contributed by atoms with E-state index in [4.69, 9.17) is 15.2 Å². The van der Waals surface area contributed by atoms with E-state index in [1.807, 2.05) is 30.3 Å². The van der Waals surface area contributed by atoms with Crippen molar-refractivity contribution in [1.82, 2.24) is 4.98 Å². The number of ether oxygens (including phenoxy) is 2. The van der Waals surface area contributed by atoms with Crippen LogP contribution in [0.5, 0.6) is 11.5 Å². The molecule has 0 aliphatic carbocycles. The Hall–Kier alpha value is -2.43. The van der Waals surface area contributed by atoms with Gasteiger partial charge in [0.25, 0.3) is 0 Å². The fourth-order valence-electron chi connectivity index (χ4n) is 1.57. The molecule has 94 valence electrons. The van der Waals surface area contributed by atoms with Crippen molar-refractivity contribution in [2.24, 2.45) is 0 Å². The standard InChI is InChI=1S/C13H15N3O2/c1-17-9-6-7-11(18-2)10(8-9)15-13-5-3-4-12(14)16-13/h3-8H,1-2H3,(H3,14,15,16). The van der Waals surface area contributed by atoms with Crippen molar-refractivity contribution in [3.8, 4) is 11.5 Å². The first-order chi connectivity index (χ1) is 8.72. The van der Waals surface area contributed by atoms with E-state index in [9.17, 15) is 0 Å². The minimum absolute atomic E-state index is 0.460. The van der Waals surface area contributed by atoms with Gasteiger partial charge in [0.15, 0.2) is 0 Å². The van der Waals surface area contributed by atoms with Crippen LogP contribution in [-0.4, -0.2) is 19.2 Å². The second kappa shape index (κ2) is 5.27. The summed E-state index contributed by atoms with van der Waals surface area (Å²) in [5.74, 6) is 2.56. The summed E-state index contributed by atoms with van der Waals surface area (Å²) in [4.78, 5) is 4.17. The third kappa shape index (κ3) is 2.63. The third-order valence-corrected chi connectivity index (χ3v) is 2.44. The number of hydrogen-bond donors (Lipinski definition) is 2. The minimum atomic E-state index is 0.460. The second-order valence-electron chi connectivity index (χ2n) is 3.64. The maximum Gasteiger partial charge on any atom is 0.142 e. The molecule has 0 bridgehead atoms. The Kier molecular flexibility index (Phi) is 3.52. The molecule has 1 aromatic heterocycles. The van der Waals surface area contributed by atoms with Gasteiger partial charge in [0.1, 0.15) is 23.1 Å². The van der Waals surface area contributed by atoms with Gasteiger partial charge < -0.3 is 20.5 Å². The first-order valence-electron chi connectivity index (χ1n) is 5.44. The molecule has 0 fully saturated rings. The fraction of sp³-hybridized carbons (Fsp3) is 0.154. The number of nitrogens with one attached hydrogen (secondary N) is 1. The van der Waals surface area contributed by atoms with E-state index in [2.05, 4.69) is 10.3 Å². The summed E-state index contributed by atoms with van der Waals surface area (Å²) in [6.45, 7) is 0. The molecule has 18 heavy (non-hydrogen) atoms. The van der Waals surface area contributed by atoms with E-state index in [1.165, 1.54) is 0 Å². The average Bonchev–Trinajstić information content (AvgIpc) is 2.38. The van der Waals surface area contributed by atoms with E-state index < -0.39 is 0 Å². The first-order valence-corrected chi connectivity index (χ1v) is 5.44. The predicted octanol–water partition coefficient (Wildman–Crippen LogP) is 2.42. The van der Waals surface area contributed by atoms with Gasteiger partial charge in [-0.25, -0.2) is 4.98 Å². The zero-order chi connectivity index (χ0) is 13.0. The summed E-state index contributed by atoms with van der Waals surface area (Å²) in [7, 11) is 3.23. The highest BCUT2D eigenvalue weighted by molar-refractivity contribution is 5.66. The molecule has 0 radical (unpaired) electrons. The van der Waals surface area contributed by atoms with Crippen molar-refractivity contribution >= 4 is 17.3 Å². The lowest BCUT2D eigenvalue weighted by Gasteiger charge is -2.12. The average molecular weight is 245 g/mol. The maximum atomic E-state index is 5.63. The molecule has 0 saturated carbocycles. The van der Waals surface area contributed by atoms with Crippen LogP contribution in [0.25, 0.3) is 0 Å². The maximum absolute atomic E-state index is 5.63. The molecule has 0 unspecified atom stereocenters. The van der Waals surface area contributed by atoms with Gasteiger partial charge in [-0.15, -0.1) is 0 Å². The van der Waals surface area contributed by atoms with Gasteiger partial charge in [-0.2, -0.15) is 0 Å². The molecule has 2 rings (SSSR count). The topological polar surface area (TPSA) is 69.4 Å². The number of methoxy groups -OCH3 is 2. The van der Waals surface area contributed by atoms with Crippen molar-refractivity contribution in [3.05, 3.63) is 36.4 Å². The minimum Gasteiger partial charge on any atom is -0.497 e. The lowest BCUT2D eigenvalue weighted by molar-refractivity contribution is 0.405. The van der Waals surface area contributed by atoms with Gasteiger partial charge in [-0.05, 0) is 24.3 Å². The molecular weight excluding hydrogens is 230 g/mol. The van der Waals surface area contributed by atoms with E-state index in [0.717, 1.165) is 11.4 Å². The van der Waals surface area contributed by atoms with Crippen LogP contribution in [0.4, 0.5) is 17.3 Å². The van der Waals surface area contributed by atoms with Crippen molar-refractivity contribution in [2.75, 3.05) is 25.3 Å². The SMILES string of the molecule is COc1ccc(OC)c(Nc2cccc(N)n2)c1. The van der Waals surface area contributed by atoms with Gasteiger partial charge in [-0.3, -0.25) is 0 Å². The van der Waals surface area contributed by atoms with Crippen molar-refractivity contribution < 1.29 is 9.47 Å². The third-order valence-electron chi connectivity index (χ3n) is 2.44. The van der Waals surface area contributed by atoms with Gasteiger partial charge in [0.05, 0.1) is 19.9 Å². The van der Waals surface area contributed by atoms with Crippen LogP contribution >= 0.6 is 0 Å². The van der Waals surface area contributed by atoms with E-state index in [0.29, 0.717) is 17.4 Å². The highest BCUT2D eigenvalue weighted by Gasteiger charge is 2.06. The normalized spacial score (nSPS) is 9.89. The molecule has 0 atom stereocenters. The Labute approximate surface area is 106 Å². The lowest BCUT2D eigenvalue weighted by Crippen LogP contribution is -1.99. The number of benzene rings is 1. The van der Waals surface area contributed by atoms with Gasteiger partial charge in [-0.1, -0.05) is 6.07 Å². The highest BCUT2D eigenvalue weighted by Crippen LogP contribution is 2.31. The number of nitrogen functional groups attached to an aromatic ring is 1. The van der Waals surface area contributed by atoms with Crippen LogP contribution in [0, 0.1) is 0 Å². The molecule has 1 heterocycles. The summed E-state index contributed by atoms with van der Waals surface area (Å²) in [6.07, 6.45) is 0. The van der Waals surface area contributed by atoms with E-state index in [1.54, 1.807) is 20.3 Å². The van der Waals surface area contributed by atoms with Crippen LogP contribution in [0.15, 0.2) is 36.4 Å². The molecule has 0 saturated heterocycles. The van der Waals surface area contributed by atoms with Gasteiger partial charge >= 0.3 is 0 Å². The molecular formula is C13H15N3O2. The van der Waals surface area contributed by atoms with Gasteiger partial charge in [0.2, 0.25) is 0 Å². The van der Waals surface area contributed by atoms with Crippen molar-refractivity contribution in [3.63, 3.8) is 0 Å². The Balaban J connectivity index is 2.32. The molecule has 0 aliphatic heterocycles. The van der Waals surface area contributed by atoms with Crippen LogP contribution in [0.2, 0.25) is 0 Å². The zero-order valence-corrected chi connectivity index (χ0v) is 10.3. The van der Waals surface area contributed by atoms with Crippen molar-refractivity contribution in [1.29, 1.82) is 0 Å². The summed E-state index contributed by atoms with van der Waals surface area (Å²) >= 11 is 0. The predicted molar refractivity (Wildman–Crippen MR) is 71.5 cm³/mol. The zero-order valence-electron chi connectivity index (χ0n) is 10.3. The molecule has 0 amide bonds. The van der Waals surface area contributed by atoms with Gasteiger partial charge in [0, 0.05) is 6.07 Å². The molecule has 0 spiro atoms. The lowest BCUT2D eigenvalue weighted by atomic mass is 10.2. The van der Waals surface area contributed by atoms with Crippen molar-refractivity contribution in [2.45, 2.75) is 0 Å². The smallest absolute Gasteiger partial charge is 0.142 e. The van der Waals surface area contributed by atoms with Crippen LogP contribution in [0.1, 0.15) is 0 Å². The van der Waals surface area contributed by atoms with Crippen LogP contribution in [-0.2, 0) is 0 Å². The first kappa shape index (κ1) is 12.0. The molecule has 3 N–H and O–H groups in total.